The van der Waals surface area contributed by atoms with Crippen molar-refractivity contribution < 1.29 is 35.8 Å². The lowest BCUT2D eigenvalue weighted by Crippen LogP contribution is -2.20. The Balaban J connectivity index is 3.40. The summed E-state index contributed by atoms with van der Waals surface area (Å²) in [7, 11) is 1.000. The molecule has 0 amide bonds. The summed E-state index contributed by atoms with van der Waals surface area (Å²) in [5.74, 6) is -1.79. The molecule has 0 aliphatic rings. The fourth-order valence-corrected chi connectivity index (χ4v) is 1.62. The molecule has 1 rings (SSSR count). The molecule has 0 spiro atoms. The normalized spacial score (nSPS) is 12.4. The molecule has 0 radical (unpaired) electrons. The van der Waals surface area contributed by atoms with Crippen molar-refractivity contribution in [2.75, 3.05) is 7.11 Å². The summed E-state index contributed by atoms with van der Waals surface area (Å²) < 4.78 is 81.9. The van der Waals surface area contributed by atoms with Crippen LogP contribution in [0, 0.1) is 0 Å². The Morgan fingerprint density at radius 1 is 1.21 bits per heavy atom. The second-order valence-electron chi connectivity index (χ2n) is 3.18. The van der Waals surface area contributed by atoms with Crippen LogP contribution in [-0.4, -0.2) is 18.5 Å². The van der Waals surface area contributed by atoms with Crippen LogP contribution in [0.3, 0.4) is 0 Å². The number of hydrogen-bond donors (Lipinski definition) is 0. The number of nitrogens with zero attached hydrogens (tertiary/aromatic N) is 1. The van der Waals surface area contributed by atoms with Crippen LogP contribution in [0.5, 0.6) is 11.6 Å². The van der Waals surface area contributed by atoms with Gasteiger partial charge in [0.25, 0.3) is 5.88 Å². The lowest BCUT2D eigenvalue weighted by molar-refractivity contribution is -0.277. The zero-order valence-corrected chi connectivity index (χ0v) is 10.8. The molecule has 1 aromatic rings. The molecule has 19 heavy (non-hydrogen) atoms. The van der Waals surface area contributed by atoms with Crippen LogP contribution in [0.15, 0.2) is 6.07 Å². The lowest BCUT2D eigenvalue weighted by atomic mass is 10.2. The van der Waals surface area contributed by atoms with Crippen LogP contribution < -0.4 is 9.47 Å². The average molecular weight is 354 g/mol. The molecule has 0 aromatic carbocycles. The first-order chi connectivity index (χ1) is 8.58. The van der Waals surface area contributed by atoms with Gasteiger partial charge in [-0.05, 0) is 6.07 Å². The van der Waals surface area contributed by atoms with Gasteiger partial charge in [0.2, 0.25) is 0 Å². The Hall–Kier alpha value is -1.19. The minimum absolute atomic E-state index is 0.157. The van der Waals surface area contributed by atoms with E-state index in [-0.39, 0.29) is 10.9 Å². The molecule has 0 aliphatic carbocycles. The van der Waals surface area contributed by atoms with Gasteiger partial charge in [0, 0.05) is 10.9 Å². The van der Waals surface area contributed by atoms with Crippen LogP contribution >= 0.6 is 15.9 Å². The Bertz CT molecular complexity index is 459. The Morgan fingerprint density at radius 2 is 1.79 bits per heavy atom. The molecule has 0 fully saturated rings. The van der Waals surface area contributed by atoms with Crippen molar-refractivity contribution in [2.45, 2.75) is 17.9 Å². The molecular weight excluding hydrogens is 348 g/mol. The van der Waals surface area contributed by atoms with Crippen molar-refractivity contribution in [2.24, 2.45) is 0 Å². The van der Waals surface area contributed by atoms with Gasteiger partial charge in [-0.3, -0.25) is 0 Å². The SMILES string of the molecule is COc1c(CBr)cc(C(F)(F)F)nc1OC(F)(F)F. The fraction of sp³-hybridized carbons (Fsp3) is 0.444. The van der Waals surface area contributed by atoms with E-state index < -0.39 is 29.9 Å². The first kappa shape index (κ1) is 15.9. The smallest absolute Gasteiger partial charge is 0.491 e. The minimum Gasteiger partial charge on any atom is -0.491 e. The standard InChI is InChI=1S/C9H6BrF6NO2/c1-18-6-4(3-10)2-5(8(11,12)13)17-7(6)19-9(14,15)16/h2H,3H2,1H3. The zero-order valence-electron chi connectivity index (χ0n) is 9.19. The molecule has 0 saturated heterocycles. The quantitative estimate of drug-likeness (QED) is 0.610. The topological polar surface area (TPSA) is 31.4 Å². The molecule has 0 atom stereocenters. The number of pyridine rings is 1. The van der Waals surface area contributed by atoms with E-state index in [4.69, 9.17) is 0 Å². The summed E-state index contributed by atoms with van der Waals surface area (Å²) in [4.78, 5) is 2.80. The van der Waals surface area contributed by atoms with Gasteiger partial charge in [0.1, 0.15) is 5.69 Å². The van der Waals surface area contributed by atoms with Gasteiger partial charge in [0.05, 0.1) is 7.11 Å². The summed E-state index contributed by atoms with van der Waals surface area (Å²) in [5, 5.41) is -0.157. The van der Waals surface area contributed by atoms with Crippen LogP contribution in [0.25, 0.3) is 0 Å². The average Bonchev–Trinajstić information content (AvgIpc) is 2.24. The van der Waals surface area contributed by atoms with E-state index in [2.05, 4.69) is 30.4 Å². The van der Waals surface area contributed by atoms with E-state index in [1.54, 1.807) is 0 Å². The number of hydrogen-bond acceptors (Lipinski definition) is 3. The van der Waals surface area contributed by atoms with E-state index in [0.717, 1.165) is 7.11 Å². The van der Waals surface area contributed by atoms with E-state index >= 15 is 0 Å². The van der Waals surface area contributed by atoms with E-state index in [1.807, 2.05) is 0 Å². The second-order valence-corrected chi connectivity index (χ2v) is 3.74. The molecular formula is C9H6BrF6NO2. The largest absolute Gasteiger partial charge is 0.574 e. The Kier molecular flexibility index (Phi) is 4.54. The third kappa shape index (κ3) is 4.15. The van der Waals surface area contributed by atoms with Crippen LogP contribution in [0.1, 0.15) is 11.3 Å². The van der Waals surface area contributed by atoms with Crippen molar-refractivity contribution in [3.63, 3.8) is 0 Å². The highest BCUT2D eigenvalue weighted by Crippen LogP contribution is 2.39. The zero-order chi connectivity index (χ0) is 14.8. The lowest BCUT2D eigenvalue weighted by Gasteiger charge is -2.16. The number of aromatic nitrogens is 1. The maximum absolute atomic E-state index is 12.5. The number of rotatable bonds is 3. The van der Waals surface area contributed by atoms with Crippen molar-refractivity contribution in [1.29, 1.82) is 0 Å². The van der Waals surface area contributed by atoms with Gasteiger partial charge in [-0.15, -0.1) is 13.2 Å². The van der Waals surface area contributed by atoms with Gasteiger partial charge >= 0.3 is 12.5 Å². The molecule has 0 N–H and O–H groups in total. The van der Waals surface area contributed by atoms with Gasteiger partial charge in [-0.2, -0.15) is 13.2 Å². The molecule has 0 unspecified atom stereocenters. The molecule has 0 saturated carbocycles. The summed E-state index contributed by atoms with van der Waals surface area (Å²) in [6, 6.07) is 0.580. The first-order valence-corrected chi connectivity index (χ1v) is 5.67. The van der Waals surface area contributed by atoms with Gasteiger partial charge in [0.15, 0.2) is 5.75 Å². The summed E-state index contributed by atoms with van der Waals surface area (Å²) in [6.07, 6.45) is -10.1. The fourth-order valence-electron chi connectivity index (χ4n) is 1.20. The van der Waals surface area contributed by atoms with Crippen molar-refractivity contribution in [3.8, 4) is 11.6 Å². The molecule has 108 valence electrons. The molecule has 1 heterocycles. The van der Waals surface area contributed by atoms with Crippen molar-refractivity contribution >= 4 is 15.9 Å². The Labute approximate surface area is 111 Å². The van der Waals surface area contributed by atoms with Crippen molar-refractivity contribution in [1.82, 2.24) is 4.98 Å². The highest BCUT2D eigenvalue weighted by molar-refractivity contribution is 9.08. The van der Waals surface area contributed by atoms with Gasteiger partial charge in [-0.1, -0.05) is 15.9 Å². The van der Waals surface area contributed by atoms with Crippen molar-refractivity contribution in [3.05, 3.63) is 17.3 Å². The highest BCUT2D eigenvalue weighted by Gasteiger charge is 2.38. The maximum atomic E-state index is 12.5. The third-order valence-corrected chi connectivity index (χ3v) is 2.47. The summed E-state index contributed by atoms with van der Waals surface area (Å²) in [5.41, 5.74) is -1.66. The van der Waals surface area contributed by atoms with E-state index in [9.17, 15) is 26.3 Å². The van der Waals surface area contributed by atoms with Crippen LogP contribution in [0.4, 0.5) is 26.3 Å². The molecule has 0 aliphatic heterocycles. The number of alkyl halides is 7. The highest BCUT2D eigenvalue weighted by atomic mass is 79.9. The molecule has 3 nitrogen and oxygen atoms in total. The maximum Gasteiger partial charge on any atom is 0.574 e. The molecule has 0 bridgehead atoms. The second kappa shape index (κ2) is 5.43. The predicted octanol–water partition coefficient (Wildman–Crippen LogP) is 3.90. The summed E-state index contributed by atoms with van der Waals surface area (Å²) in [6.45, 7) is 0. The number of methoxy groups -OCH3 is 1. The first-order valence-electron chi connectivity index (χ1n) is 4.55. The minimum atomic E-state index is -5.17. The number of ether oxygens (including phenoxy) is 2. The van der Waals surface area contributed by atoms with Gasteiger partial charge in [-0.25, -0.2) is 4.98 Å². The molecule has 10 heteroatoms. The third-order valence-electron chi connectivity index (χ3n) is 1.87. The number of halogens is 7. The van der Waals surface area contributed by atoms with Crippen LogP contribution in [-0.2, 0) is 11.5 Å². The predicted molar refractivity (Wildman–Crippen MR) is 55.1 cm³/mol. The van der Waals surface area contributed by atoms with E-state index in [0.29, 0.717) is 6.07 Å². The monoisotopic (exact) mass is 353 g/mol. The van der Waals surface area contributed by atoms with E-state index in [1.165, 1.54) is 0 Å². The summed E-state index contributed by atoms with van der Waals surface area (Å²) >= 11 is 2.85. The molecule has 1 aromatic heterocycles. The van der Waals surface area contributed by atoms with Crippen LogP contribution in [0.2, 0.25) is 0 Å². The Morgan fingerprint density at radius 3 is 2.16 bits per heavy atom. The van der Waals surface area contributed by atoms with Gasteiger partial charge < -0.3 is 9.47 Å².